The van der Waals surface area contributed by atoms with Crippen LogP contribution in [0.1, 0.15) is 63.5 Å². The van der Waals surface area contributed by atoms with E-state index < -0.39 is 0 Å². The summed E-state index contributed by atoms with van der Waals surface area (Å²) in [5, 5.41) is 9.99. The molecular weight excluding hydrogens is 220 g/mol. The van der Waals surface area contributed by atoms with Crippen molar-refractivity contribution in [3.63, 3.8) is 0 Å². The van der Waals surface area contributed by atoms with Crippen molar-refractivity contribution in [2.45, 2.75) is 58.0 Å². The maximum absolute atomic E-state index is 9.99. The molecule has 18 heavy (non-hydrogen) atoms. The van der Waals surface area contributed by atoms with Gasteiger partial charge < -0.3 is 5.11 Å². The van der Waals surface area contributed by atoms with E-state index in [0.29, 0.717) is 0 Å². The molecule has 0 saturated carbocycles. The Balaban J connectivity index is 2.06. The smallest absolute Gasteiger partial charge is 0.0790 e. The second-order valence-corrected chi connectivity index (χ2v) is 4.98. The Morgan fingerprint density at radius 1 is 1.11 bits per heavy atom. The zero-order valence-electron chi connectivity index (χ0n) is 11.6. The number of rotatable bonds is 9. The van der Waals surface area contributed by atoms with Crippen molar-refractivity contribution >= 4 is 0 Å². The molecule has 1 unspecified atom stereocenters. The summed E-state index contributed by atoms with van der Waals surface area (Å²) in [6, 6.07) is 9.94. The lowest BCUT2D eigenvalue weighted by atomic mass is 10.0. The van der Waals surface area contributed by atoms with E-state index in [9.17, 15) is 5.11 Å². The van der Waals surface area contributed by atoms with E-state index in [1.54, 1.807) is 0 Å². The zero-order valence-corrected chi connectivity index (χ0v) is 11.6. The molecule has 0 amide bonds. The highest BCUT2D eigenvalue weighted by Crippen LogP contribution is 2.20. The molecule has 0 heterocycles. The van der Waals surface area contributed by atoms with Crippen LogP contribution in [0.15, 0.2) is 42.5 Å². The molecule has 0 spiro atoms. The van der Waals surface area contributed by atoms with E-state index >= 15 is 0 Å². The number of aliphatic hydroxyl groups is 1. The van der Waals surface area contributed by atoms with E-state index in [4.69, 9.17) is 0 Å². The number of unbranched alkanes of at least 4 members (excludes halogenated alkanes) is 3. The van der Waals surface area contributed by atoms with E-state index in [1.165, 1.54) is 24.8 Å². The van der Waals surface area contributed by atoms with Crippen LogP contribution >= 0.6 is 0 Å². The SMILES string of the molecule is C=C(CC)CCCCCCC(O)c1ccccc1. The Morgan fingerprint density at radius 3 is 2.44 bits per heavy atom. The monoisotopic (exact) mass is 246 g/mol. The Morgan fingerprint density at radius 2 is 1.78 bits per heavy atom. The van der Waals surface area contributed by atoms with Crippen molar-refractivity contribution < 1.29 is 5.11 Å². The fourth-order valence-corrected chi connectivity index (χ4v) is 2.08. The summed E-state index contributed by atoms with van der Waals surface area (Å²) in [5.41, 5.74) is 2.40. The normalized spacial score (nSPS) is 12.3. The molecular formula is C17H26O. The summed E-state index contributed by atoms with van der Waals surface area (Å²) < 4.78 is 0. The van der Waals surface area contributed by atoms with Gasteiger partial charge in [-0.3, -0.25) is 0 Å². The first-order valence-corrected chi connectivity index (χ1v) is 7.13. The lowest BCUT2D eigenvalue weighted by Crippen LogP contribution is -1.96. The quantitative estimate of drug-likeness (QED) is 0.479. The summed E-state index contributed by atoms with van der Waals surface area (Å²) >= 11 is 0. The first-order valence-electron chi connectivity index (χ1n) is 7.13. The van der Waals surface area contributed by atoms with Gasteiger partial charge in [0.15, 0.2) is 0 Å². The predicted molar refractivity (Wildman–Crippen MR) is 78.5 cm³/mol. The van der Waals surface area contributed by atoms with Crippen molar-refractivity contribution in [2.75, 3.05) is 0 Å². The number of hydrogen-bond acceptors (Lipinski definition) is 1. The van der Waals surface area contributed by atoms with Crippen LogP contribution in [0.2, 0.25) is 0 Å². The summed E-state index contributed by atoms with van der Waals surface area (Å²) in [7, 11) is 0. The van der Waals surface area contributed by atoms with Gasteiger partial charge in [0.1, 0.15) is 0 Å². The van der Waals surface area contributed by atoms with Gasteiger partial charge in [0.05, 0.1) is 6.10 Å². The largest absolute Gasteiger partial charge is 0.388 e. The minimum Gasteiger partial charge on any atom is -0.388 e. The molecule has 0 aliphatic carbocycles. The molecule has 0 radical (unpaired) electrons. The standard InChI is InChI=1S/C17H26O/c1-3-15(2)11-7-4-5-10-14-17(18)16-12-8-6-9-13-16/h6,8-9,12-13,17-18H,2-5,7,10-11,14H2,1H3. The number of aliphatic hydroxyl groups excluding tert-OH is 1. The lowest BCUT2D eigenvalue weighted by Gasteiger charge is -2.10. The molecule has 1 heteroatoms. The maximum atomic E-state index is 9.99. The van der Waals surface area contributed by atoms with Crippen LogP contribution < -0.4 is 0 Å². The van der Waals surface area contributed by atoms with Crippen LogP contribution in [0.4, 0.5) is 0 Å². The number of benzene rings is 1. The molecule has 1 aromatic rings. The average molecular weight is 246 g/mol. The molecule has 100 valence electrons. The van der Waals surface area contributed by atoms with Gasteiger partial charge in [0, 0.05) is 0 Å². The minimum atomic E-state index is -0.295. The Bertz CT molecular complexity index is 329. The van der Waals surface area contributed by atoms with E-state index in [2.05, 4.69) is 13.5 Å². The average Bonchev–Trinajstić information content (AvgIpc) is 2.43. The Hall–Kier alpha value is -1.08. The van der Waals surface area contributed by atoms with Crippen molar-refractivity contribution in [2.24, 2.45) is 0 Å². The Labute approximate surface area is 112 Å². The third-order valence-electron chi connectivity index (χ3n) is 3.44. The molecule has 1 N–H and O–H groups in total. The van der Waals surface area contributed by atoms with Crippen LogP contribution in [-0.2, 0) is 0 Å². The van der Waals surface area contributed by atoms with Gasteiger partial charge in [-0.2, -0.15) is 0 Å². The van der Waals surface area contributed by atoms with Crippen LogP contribution in [0.5, 0.6) is 0 Å². The van der Waals surface area contributed by atoms with Gasteiger partial charge in [-0.15, -0.1) is 0 Å². The number of allylic oxidation sites excluding steroid dienone is 1. The van der Waals surface area contributed by atoms with Gasteiger partial charge >= 0.3 is 0 Å². The van der Waals surface area contributed by atoms with Crippen molar-refractivity contribution in [1.29, 1.82) is 0 Å². The van der Waals surface area contributed by atoms with Gasteiger partial charge in [-0.05, 0) is 31.2 Å². The summed E-state index contributed by atoms with van der Waals surface area (Å²) in [5.74, 6) is 0. The van der Waals surface area contributed by atoms with Gasteiger partial charge in [0.2, 0.25) is 0 Å². The topological polar surface area (TPSA) is 20.2 Å². The predicted octanol–water partition coefficient (Wildman–Crippen LogP) is 5.03. The van der Waals surface area contributed by atoms with Crippen LogP contribution in [0, 0.1) is 0 Å². The lowest BCUT2D eigenvalue weighted by molar-refractivity contribution is 0.163. The summed E-state index contributed by atoms with van der Waals surface area (Å²) in [4.78, 5) is 0. The highest BCUT2D eigenvalue weighted by molar-refractivity contribution is 5.16. The summed E-state index contributed by atoms with van der Waals surface area (Å²) in [6.07, 6.45) is 7.66. The molecule has 1 atom stereocenters. The molecule has 0 aliphatic rings. The summed E-state index contributed by atoms with van der Waals surface area (Å²) in [6.45, 7) is 6.18. The first-order chi connectivity index (χ1) is 8.74. The van der Waals surface area contributed by atoms with E-state index in [0.717, 1.165) is 31.2 Å². The molecule has 1 aromatic carbocycles. The third kappa shape index (κ3) is 6.02. The first kappa shape index (κ1) is 15.0. The van der Waals surface area contributed by atoms with E-state index in [-0.39, 0.29) is 6.10 Å². The fourth-order valence-electron chi connectivity index (χ4n) is 2.08. The highest BCUT2D eigenvalue weighted by atomic mass is 16.3. The van der Waals surface area contributed by atoms with Gasteiger partial charge in [-0.25, -0.2) is 0 Å². The van der Waals surface area contributed by atoms with Crippen LogP contribution in [-0.4, -0.2) is 5.11 Å². The molecule has 0 aliphatic heterocycles. The maximum Gasteiger partial charge on any atom is 0.0790 e. The molecule has 0 fully saturated rings. The second-order valence-electron chi connectivity index (χ2n) is 4.98. The Kier molecular flexibility index (Phi) is 7.43. The molecule has 1 nitrogen and oxygen atoms in total. The molecule has 1 rings (SSSR count). The van der Waals surface area contributed by atoms with Crippen molar-refractivity contribution in [3.8, 4) is 0 Å². The molecule has 0 aromatic heterocycles. The van der Waals surface area contributed by atoms with Crippen molar-refractivity contribution in [3.05, 3.63) is 48.0 Å². The molecule has 0 bridgehead atoms. The third-order valence-corrected chi connectivity index (χ3v) is 3.44. The van der Waals surface area contributed by atoms with Crippen LogP contribution in [0.3, 0.4) is 0 Å². The minimum absolute atomic E-state index is 0.295. The van der Waals surface area contributed by atoms with Crippen LogP contribution in [0.25, 0.3) is 0 Å². The zero-order chi connectivity index (χ0) is 13.2. The van der Waals surface area contributed by atoms with E-state index in [1.807, 2.05) is 30.3 Å². The second kappa shape index (κ2) is 8.93. The highest BCUT2D eigenvalue weighted by Gasteiger charge is 2.05. The van der Waals surface area contributed by atoms with Gasteiger partial charge in [-0.1, -0.05) is 68.7 Å². The molecule has 0 saturated heterocycles. The van der Waals surface area contributed by atoms with Gasteiger partial charge in [0.25, 0.3) is 0 Å². The fraction of sp³-hybridized carbons (Fsp3) is 0.529. The number of hydrogen-bond donors (Lipinski definition) is 1. The van der Waals surface area contributed by atoms with Crippen molar-refractivity contribution in [1.82, 2.24) is 0 Å².